The number of alkyl halides is 3. The number of methoxy groups -OCH3 is 2. The first-order chi connectivity index (χ1) is 15.2. The molecule has 1 saturated carbocycles. The molecule has 1 heterocycles. The van der Waals surface area contributed by atoms with Crippen LogP contribution in [0.25, 0.3) is 0 Å². The quantitative estimate of drug-likeness (QED) is 0.431. The van der Waals surface area contributed by atoms with Crippen molar-refractivity contribution in [2.24, 2.45) is 11.8 Å². The Kier molecular flexibility index (Phi) is 7.98. The number of hydrogen-bond donors (Lipinski definition) is 0. The predicted molar refractivity (Wildman–Crippen MR) is 114 cm³/mol. The average Bonchev–Trinajstić information content (AvgIpc) is 2.77. The van der Waals surface area contributed by atoms with Crippen molar-refractivity contribution in [2.45, 2.75) is 51.1 Å². The first-order valence-corrected chi connectivity index (χ1v) is 10.9. The second-order valence-electron chi connectivity index (χ2n) is 8.11. The van der Waals surface area contributed by atoms with Crippen molar-refractivity contribution in [2.75, 3.05) is 14.2 Å². The number of ketones is 1. The molecule has 32 heavy (non-hydrogen) atoms. The molecule has 0 aliphatic heterocycles. The first kappa shape index (κ1) is 24.3. The third-order valence-corrected chi connectivity index (χ3v) is 6.28. The Labute approximate surface area is 190 Å². The van der Waals surface area contributed by atoms with Gasteiger partial charge in [0, 0.05) is 18.4 Å². The number of carbonyl (C=O) groups excluding carboxylic acids is 1. The lowest BCUT2D eigenvalue weighted by Gasteiger charge is -2.28. The predicted octanol–water partition coefficient (Wildman–Crippen LogP) is 6.18. The molecular formula is C23H26ClF3N2O3. The number of Topliss-reactive ketones (excluding diaryl/α,β-unsaturated/α-hetero) is 1. The van der Waals surface area contributed by atoms with E-state index in [2.05, 4.69) is 9.97 Å². The summed E-state index contributed by atoms with van der Waals surface area (Å²) in [5.74, 6) is 1.89. The Hall–Kier alpha value is -2.35. The third-order valence-electron chi connectivity index (χ3n) is 5.95. The number of ether oxygens (including phenoxy) is 2. The Morgan fingerprint density at radius 1 is 1.03 bits per heavy atom. The Morgan fingerprint density at radius 3 is 2.19 bits per heavy atom. The highest BCUT2D eigenvalue weighted by molar-refractivity contribution is 6.34. The van der Waals surface area contributed by atoms with E-state index >= 15 is 0 Å². The lowest BCUT2D eigenvalue weighted by Crippen LogP contribution is -2.19. The van der Waals surface area contributed by atoms with Gasteiger partial charge in [-0.15, -0.1) is 0 Å². The molecule has 2 aromatic rings. The van der Waals surface area contributed by atoms with E-state index in [4.69, 9.17) is 21.1 Å². The number of aromatic nitrogens is 2. The smallest absolute Gasteiger partial charge is 0.416 e. The molecule has 1 aromatic heterocycles. The molecule has 0 amide bonds. The van der Waals surface area contributed by atoms with Crippen LogP contribution in [0.2, 0.25) is 5.02 Å². The number of hydrogen-bond acceptors (Lipinski definition) is 5. The number of rotatable bonds is 8. The fourth-order valence-electron chi connectivity index (χ4n) is 4.12. The topological polar surface area (TPSA) is 61.3 Å². The van der Waals surface area contributed by atoms with Gasteiger partial charge in [-0.2, -0.15) is 23.1 Å². The van der Waals surface area contributed by atoms with Crippen LogP contribution in [0.1, 0.15) is 60.3 Å². The highest BCUT2D eigenvalue weighted by Gasteiger charge is 2.32. The van der Waals surface area contributed by atoms with Gasteiger partial charge in [0.2, 0.25) is 11.8 Å². The molecule has 9 heteroatoms. The second-order valence-corrected chi connectivity index (χ2v) is 8.52. The van der Waals surface area contributed by atoms with E-state index in [0.29, 0.717) is 29.9 Å². The highest BCUT2D eigenvalue weighted by Crippen LogP contribution is 2.36. The second kappa shape index (κ2) is 10.5. The number of nitrogens with zero attached hydrogens (tertiary/aromatic N) is 2. The van der Waals surface area contributed by atoms with Crippen LogP contribution in [-0.4, -0.2) is 30.0 Å². The molecule has 0 atom stereocenters. The zero-order chi connectivity index (χ0) is 23.3. The standard InChI is InChI=1S/C23H26ClF3N2O3/c1-31-21-13-22(32-2)29-20(28-21)10-7-14-3-5-15(6-4-14)11-19(30)17-12-16(23(25,26)27)8-9-18(17)24/h8-9,12-15H,3-7,10-11H2,1-2H3. The van der Waals surface area contributed by atoms with Crippen molar-refractivity contribution in [1.29, 1.82) is 0 Å². The van der Waals surface area contributed by atoms with Crippen LogP contribution in [0, 0.1) is 11.8 Å². The molecule has 174 valence electrons. The van der Waals surface area contributed by atoms with E-state index in [9.17, 15) is 18.0 Å². The van der Waals surface area contributed by atoms with Gasteiger partial charge in [0.25, 0.3) is 0 Å². The SMILES string of the molecule is COc1cc(OC)nc(CCC2CCC(CC(=O)c3cc(C(F)(F)F)ccc3Cl)CC2)n1. The van der Waals surface area contributed by atoms with Gasteiger partial charge in [0.05, 0.1) is 30.9 Å². The van der Waals surface area contributed by atoms with Gasteiger partial charge in [-0.3, -0.25) is 4.79 Å². The van der Waals surface area contributed by atoms with Crippen LogP contribution in [0.4, 0.5) is 13.2 Å². The summed E-state index contributed by atoms with van der Waals surface area (Å²) in [7, 11) is 3.08. The largest absolute Gasteiger partial charge is 0.481 e. The van der Waals surface area contributed by atoms with Crippen molar-refractivity contribution in [3.63, 3.8) is 0 Å². The molecule has 0 bridgehead atoms. The fraction of sp³-hybridized carbons (Fsp3) is 0.522. The van der Waals surface area contributed by atoms with Crippen molar-refractivity contribution in [3.05, 3.63) is 46.2 Å². The lowest BCUT2D eigenvalue weighted by atomic mass is 9.77. The summed E-state index contributed by atoms with van der Waals surface area (Å²) < 4.78 is 49.3. The van der Waals surface area contributed by atoms with Gasteiger partial charge in [-0.1, -0.05) is 24.4 Å². The van der Waals surface area contributed by atoms with Crippen molar-refractivity contribution in [1.82, 2.24) is 9.97 Å². The van der Waals surface area contributed by atoms with E-state index in [0.717, 1.165) is 50.3 Å². The molecule has 1 aliphatic rings. The van der Waals surface area contributed by atoms with Crippen LogP contribution in [-0.2, 0) is 12.6 Å². The molecule has 0 N–H and O–H groups in total. The maximum absolute atomic E-state index is 13.0. The third kappa shape index (κ3) is 6.34. The van der Waals surface area contributed by atoms with Crippen LogP contribution >= 0.6 is 11.6 Å². The molecule has 0 saturated heterocycles. The van der Waals surface area contributed by atoms with E-state index in [-0.39, 0.29) is 28.7 Å². The summed E-state index contributed by atoms with van der Waals surface area (Å²) in [6.07, 6.45) is 0.936. The summed E-state index contributed by atoms with van der Waals surface area (Å²) in [6.45, 7) is 0. The Bertz CT molecular complexity index is 922. The maximum atomic E-state index is 13.0. The van der Waals surface area contributed by atoms with E-state index in [1.54, 1.807) is 20.3 Å². The Balaban J connectivity index is 1.52. The van der Waals surface area contributed by atoms with E-state index in [1.807, 2.05) is 0 Å². The van der Waals surface area contributed by atoms with Gasteiger partial charge in [0.1, 0.15) is 5.82 Å². The van der Waals surface area contributed by atoms with Crippen molar-refractivity contribution < 1.29 is 27.4 Å². The minimum atomic E-state index is -4.51. The first-order valence-electron chi connectivity index (χ1n) is 10.6. The zero-order valence-corrected chi connectivity index (χ0v) is 18.8. The molecule has 1 aliphatic carbocycles. The number of halogens is 4. The number of benzene rings is 1. The summed E-state index contributed by atoms with van der Waals surface area (Å²) in [5, 5.41) is 0.0606. The average molecular weight is 471 g/mol. The molecule has 0 spiro atoms. The van der Waals surface area contributed by atoms with Crippen LogP contribution < -0.4 is 9.47 Å². The molecule has 0 unspecified atom stereocenters. The van der Waals surface area contributed by atoms with Crippen molar-refractivity contribution >= 4 is 17.4 Å². The number of carbonyl (C=O) groups is 1. The normalized spacial score (nSPS) is 18.9. The summed E-state index contributed by atoms with van der Waals surface area (Å²) in [6, 6.07) is 4.52. The van der Waals surface area contributed by atoms with Crippen molar-refractivity contribution in [3.8, 4) is 11.8 Å². The monoisotopic (exact) mass is 470 g/mol. The van der Waals surface area contributed by atoms with E-state index in [1.165, 1.54) is 0 Å². The zero-order valence-electron chi connectivity index (χ0n) is 18.0. The molecule has 3 rings (SSSR count). The minimum Gasteiger partial charge on any atom is -0.481 e. The van der Waals surface area contributed by atoms with Gasteiger partial charge in [0.15, 0.2) is 5.78 Å². The summed E-state index contributed by atoms with van der Waals surface area (Å²) in [5.41, 5.74) is -0.905. The molecular weight excluding hydrogens is 445 g/mol. The highest BCUT2D eigenvalue weighted by atomic mass is 35.5. The summed E-state index contributed by atoms with van der Waals surface area (Å²) >= 11 is 6.01. The van der Waals surface area contributed by atoms with Crippen LogP contribution in [0.3, 0.4) is 0 Å². The molecule has 0 radical (unpaired) electrons. The maximum Gasteiger partial charge on any atom is 0.416 e. The van der Waals surface area contributed by atoms with Gasteiger partial charge < -0.3 is 9.47 Å². The van der Waals surface area contributed by atoms with Crippen LogP contribution in [0.5, 0.6) is 11.8 Å². The molecule has 1 fully saturated rings. The van der Waals surface area contributed by atoms with Gasteiger partial charge >= 0.3 is 6.18 Å². The van der Waals surface area contributed by atoms with E-state index < -0.39 is 11.7 Å². The fourth-order valence-corrected chi connectivity index (χ4v) is 4.34. The van der Waals surface area contributed by atoms with Gasteiger partial charge in [-0.25, -0.2) is 0 Å². The number of aryl methyl sites for hydroxylation is 1. The minimum absolute atomic E-state index is 0.0484. The molecule has 5 nitrogen and oxygen atoms in total. The van der Waals surface area contributed by atoms with Gasteiger partial charge in [-0.05, 0) is 49.3 Å². The van der Waals surface area contributed by atoms with Crippen LogP contribution in [0.15, 0.2) is 24.3 Å². The summed E-state index contributed by atoms with van der Waals surface area (Å²) in [4.78, 5) is 21.3. The lowest BCUT2D eigenvalue weighted by molar-refractivity contribution is -0.137. The Morgan fingerprint density at radius 2 is 1.62 bits per heavy atom. The molecule has 1 aromatic carbocycles.